The van der Waals surface area contributed by atoms with Crippen LogP contribution in [0.1, 0.15) is 20.8 Å². The highest BCUT2D eigenvalue weighted by molar-refractivity contribution is 4.88. The van der Waals surface area contributed by atoms with Crippen LogP contribution in [0.2, 0.25) is 0 Å². The zero-order valence-electron chi connectivity index (χ0n) is 11.4. The Hall–Kier alpha value is -0.160. The number of rotatable bonds is 2. The molecule has 2 aliphatic heterocycles. The van der Waals surface area contributed by atoms with Crippen LogP contribution in [0.25, 0.3) is 0 Å². The molecular weight excluding hydrogens is 216 g/mol. The van der Waals surface area contributed by atoms with Gasteiger partial charge in [0.05, 0.1) is 25.9 Å². The summed E-state index contributed by atoms with van der Waals surface area (Å²) in [5.41, 5.74) is 0.322. The highest BCUT2D eigenvalue weighted by atomic mass is 16.6. The smallest absolute Gasteiger partial charge is 0.0936 e. The second-order valence-electron chi connectivity index (χ2n) is 6.20. The van der Waals surface area contributed by atoms with Crippen molar-refractivity contribution < 1.29 is 9.47 Å². The predicted molar refractivity (Wildman–Crippen MR) is 68.2 cm³/mol. The highest BCUT2D eigenvalue weighted by Gasteiger charge is 2.30. The first kappa shape index (κ1) is 13.3. The van der Waals surface area contributed by atoms with Gasteiger partial charge in [0, 0.05) is 32.2 Å². The van der Waals surface area contributed by atoms with Crippen LogP contribution in [0.4, 0.5) is 0 Å². The second-order valence-corrected chi connectivity index (χ2v) is 6.20. The molecule has 0 radical (unpaired) electrons. The molecule has 2 rings (SSSR count). The van der Waals surface area contributed by atoms with Gasteiger partial charge >= 0.3 is 0 Å². The van der Waals surface area contributed by atoms with Gasteiger partial charge in [-0.25, -0.2) is 0 Å². The van der Waals surface area contributed by atoms with Crippen LogP contribution in [-0.2, 0) is 9.47 Å². The van der Waals surface area contributed by atoms with Crippen molar-refractivity contribution in [2.24, 2.45) is 5.41 Å². The van der Waals surface area contributed by atoms with E-state index in [1.807, 2.05) is 0 Å². The Labute approximate surface area is 105 Å². The Morgan fingerprint density at radius 2 is 2.12 bits per heavy atom. The summed E-state index contributed by atoms with van der Waals surface area (Å²) in [6.45, 7) is 13.5. The molecule has 4 heteroatoms. The summed E-state index contributed by atoms with van der Waals surface area (Å²) in [5.74, 6) is 0. The fourth-order valence-electron chi connectivity index (χ4n) is 2.49. The maximum atomic E-state index is 5.71. The highest BCUT2D eigenvalue weighted by Crippen LogP contribution is 2.22. The summed E-state index contributed by atoms with van der Waals surface area (Å²) < 4.78 is 11.2. The summed E-state index contributed by atoms with van der Waals surface area (Å²) >= 11 is 0. The Bertz CT molecular complexity index is 234. The third kappa shape index (κ3) is 3.91. The van der Waals surface area contributed by atoms with Crippen molar-refractivity contribution in [1.29, 1.82) is 0 Å². The van der Waals surface area contributed by atoms with Gasteiger partial charge in [-0.1, -0.05) is 20.8 Å². The van der Waals surface area contributed by atoms with E-state index in [0.29, 0.717) is 11.5 Å². The molecule has 17 heavy (non-hydrogen) atoms. The summed E-state index contributed by atoms with van der Waals surface area (Å²) in [6.07, 6.45) is 0.266. The first-order chi connectivity index (χ1) is 8.05. The number of hydrogen-bond acceptors (Lipinski definition) is 4. The van der Waals surface area contributed by atoms with Crippen LogP contribution in [0, 0.1) is 5.41 Å². The first-order valence-electron chi connectivity index (χ1n) is 6.71. The predicted octanol–water partition coefficient (Wildman–Crippen LogP) is 0.722. The van der Waals surface area contributed by atoms with E-state index in [2.05, 4.69) is 31.0 Å². The molecule has 0 amide bonds. The van der Waals surface area contributed by atoms with Gasteiger partial charge in [-0.3, -0.25) is 4.90 Å². The van der Waals surface area contributed by atoms with E-state index in [0.717, 1.165) is 46.0 Å². The van der Waals surface area contributed by atoms with E-state index in [1.54, 1.807) is 0 Å². The fourth-order valence-corrected chi connectivity index (χ4v) is 2.49. The molecule has 0 aromatic rings. The van der Waals surface area contributed by atoms with Gasteiger partial charge in [0.2, 0.25) is 0 Å². The van der Waals surface area contributed by atoms with Gasteiger partial charge < -0.3 is 14.8 Å². The SMILES string of the molecule is CC(C)(C)C1CN(CC2COCCO2)CCN1. The number of nitrogens with zero attached hydrogens (tertiary/aromatic N) is 1. The van der Waals surface area contributed by atoms with Crippen molar-refractivity contribution >= 4 is 0 Å². The van der Waals surface area contributed by atoms with Crippen molar-refractivity contribution in [3.63, 3.8) is 0 Å². The number of nitrogens with one attached hydrogen (secondary N) is 1. The van der Waals surface area contributed by atoms with Crippen molar-refractivity contribution in [2.75, 3.05) is 46.0 Å². The molecule has 2 saturated heterocycles. The van der Waals surface area contributed by atoms with Gasteiger partial charge in [-0.15, -0.1) is 0 Å². The van der Waals surface area contributed by atoms with E-state index in [-0.39, 0.29) is 6.10 Å². The Kier molecular flexibility index (Phi) is 4.42. The Morgan fingerprint density at radius 1 is 1.29 bits per heavy atom. The van der Waals surface area contributed by atoms with Crippen LogP contribution in [0.15, 0.2) is 0 Å². The van der Waals surface area contributed by atoms with Crippen molar-refractivity contribution in [3.8, 4) is 0 Å². The summed E-state index contributed by atoms with van der Waals surface area (Å²) in [5, 5.41) is 3.61. The van der Waals surface area contributed by atoms with Crippen molar-refractivity contribution in [2.45, 2.75) is 32.9 Å². The molecule has 2 unspecified atom stereocenters. The molecule has 0 spiro atoms. The number of hydrogen-bond donors (Lipinski definition) is 1. The number of ether oxygens (including phenoxy) is 2. The normalized spacial score (nSPS) is 32.6. The average molecular weight is 242 g/mol. The van der Waals surface area contributed by atoms with Gasteiger partial charge in [-0.05, 0) is 5.41 Å². The molecule has 2 atom stereocenters. The van der Waals surface area contributed by atoms with E-state index in [4.69, 9.17) is 9.47 Å². The molecule has 0 aliphatic carbocycles. The van der Waals surface area contributed by atoms with Crippen LogP contribution < -0.4 is 5.32 Å². The molecule has 2 heterocycles. The minimum atomic E-state index is 0.266. The topological polar surface area (TPSA) is 33.7 Å². The molecular formula is C13H26N2O2. The molecule has 0 bridgehead atoms. The monoisotopic (exact) mass is 242 g/mol. The van der Waals surface area contributed by atoms with E-state index < -0.39 is 0 Å². The van der Waals surface area contributed by atoms with Crippen LogP contribution >= 0.6 is 0 Å². The average Bonchev–Trinajstić information content (AvgIpc) is 2.29. The van der Waals surface area contributed by atoms with Gasteiger partial charge in [0.1, 0.15) is 0 Å². The van der Waals surface area contributed by atoms with Gasteiger partial charge in [-0.2, -0.15) is 0 Å². The van der Waals surface area contributed by atoms with Crippen molar-refractivity contribution in [1.82, 2.24) is 10.2 Å². The lowest BCUT2D eigenvalue weighted by Gasteiger charge is -2.41. The minimum absolute atomic E-state index is 0.266. The lowest BCUT2D eigenvalue weighted by atomic mass is 9.85. The molecule has 4 nitrogen and oxygen atoms in total. The maximum Gasteiger partial charge on any atom is 0.0936 e. The van der Waals surface area contributed by atoms with E-state index >= 15 is 0 Å². The second kappa shape index (κ2) is 5.65. The Balaban J connectivity index is 1.80. The summed E-state index contributed by atoms with van der Waals surface area (Å²) in [6, 6.07) is 0.570. The zero-order chi connectivity index (χ0) is 12.3. The molecule has 2 fully saturated rings. The zero-order valence-corrected chi connectivity index (χ0v) is 11.4. The summed E-state index contributed by atoms with van der Waals surface area (Å²) in [7, 11) is 0. The van der Waals surface area contributed by atoms with Crippen LogP contribution in [-0.4, -0.2) is 63.0 Å². The first-order valence-corrected chi connectivity index (χ1v) is 6.71. The van der Waals surface area contributed by atoms with E-state index in [1.165, 1.54) is 0 Å². The third-order valence-corrected chi connectivity index (χ3v) is 3.65. The molecule has 0 saturated carbocycles. The lowest BCUT2D eigenvalue weighted by molar-refractivity contribution is -0.0999. The van der Waals surface area contributed by atoms with Crippen molar-refractivity contribution in [3.05, 3.63) is 0 Å². The molecule has 1 N–H and O–H groups in total. The lowest BCUT2D eigenvalue weighted by Crippen LogP contribution is -2.57. The molecule has 0 aromatic heterocycles. The molecule has 100 valence electrons. The minimum Gasteiger partial charge on any atom is -0.376 e. The largest absolute Gasteiger partial charge is 0.376 e. The molecule has 0 aromatic carbocycles. The fraction of sp³-hybridized carbons (Fsp3) is 1.00. The van der Waals surface area contributed by atoms with Gasteiger partial charge in [0.25, 0.3) is 0 Å². The van der Waals surface area contributed by atoms with Gasteiger partial charge in [0.15, 0.2) is 0 Å². The maximum absolute atomic E-state index is 5.71. The number of piperazine rings is 1. The third-order valence-electron chi connectivity index (χ3n) is 3.65. The quantitative estimate of drug-likeness (QED) is 0.774. The summed E-state index contributed by atoms with van der Waals surface area (Å²) in [4.78, 5) is 2.51. The van der Waals surface area contributed by atoms with Crippen LogP contribution in [0.5, 0.6) is 0 Å². The standard InChI is InChI=1S/C13H26N2O2/c1-13(2,3)12-9-15(5-4-14-12)8-11-10-16-6-7-17-11/h11-12,14H,4-10H2,1-3H3. The van der Waals surface area contributed by atoms with Crippen LogP contribution in [0.3, 0.4) is 0 Å². The molecule has 2 aliphatic rings. The van der Waals surface area contributed by atoms with E-state index in [9.17, 15) is 0 Å². The Morgan fingerprint density at radius 3 is 2.76 bits per heavy atom.